The van der Waals surface area contributed by atoms with E-state index in [2.05, 4.69) is 11.8 Å². The van der Waals surface area contributed by atoms with Crippen molar-refractivity contribution >= 4 is 11.8 Å². The zero-order valence-corrected chi connectivity index (χ0v) is 12.0. The Balaban J connectivity index is 2.12. The van der Waals surface area contributed by atoms with Gasteiger partial charge in [-0.25, -0.2) is 0 Å². The molecule has 0 atom stereocenters. The summed E-state index contributed by atoms with van der Waals surface area (Å²) < 4.78 is 37.5. The smallest absolute Gasteiger partial charge is 0.160 e. The highest BCUT2D eigenvalue weighted by Gasteiger charge is 2.30. The molecule has 0 amide bonds. The highest BCUT2D eigenvalue weighted by molar-refractivity contribution is 8.00. The van der Waals surface area contributed by atoms with Gasteiger partial charge in [0.2, 0.25) is 0 Å². The molecule has 1 aromatic carbocycles. The molecule has 1 aliphatic rings. The van der Waals surface area contributed by atoms with Crippen molar-refractivity contribution in [1.82, 2.24) is 0 Å². The van der Waals surface area contributed by atoms with Gasteiger partial charge in [-0.3, -0.25) is 0 Å². The standard InChI is InChI=1S/C16H17F3S/c17-16(18,19)20-15-10-6-5-9-14(15)12-11-13-7-3-1-2-4-8-13/h5-6,9-10,13H,1-4,7-8H2. The first kappa shape index (κ1) is 15.3. The van der Waals surface area contributed by atoms with Gasteiger partial charge in [0.1, 0.15) is 0 Å². The summed E-state index contributed by atoms with van der Waals surface area (Å²) in [5, 5.41) is 0. The van der Waals surface area contributed by atoms with Crippen LogP contribution in [0.25, 0.3) is 0 Å². The van der Waals surface area contributed by atoms with Crippen LogP contribution in [-0.2, 0) is 0 Å². The Morgan fingerprint density at radius 2 is 1.65 bits per heavy atom. The van der Waals surface area contributed by atoms with Gasteiger partial charge in [0.25, 0.3) is 0 Å². The lowest BCUT2D eigenvalue weighted by Crippen LogP contribution is -2.00. The predicted octanol–water partition coefficient (Wildman–Crippen LogP) is 5.62. The van der Waals surface area contributed by atoms with Gasteiger partial charge in [0.05, 0.1) is 0 Å². The van der Waals surface area contributed by atoms with Crippen molar-refractivity contribution in [3.05, 3.63) is 29.8 Å². The van der Waals surface area contributed by atoms with Crippen molar-refractivity contribution in [2.24, 2.45) is 5.92 Å². The topological polar surface area (TPSA) is 0 Å². The molecule has 0 unspecified atom stereocenters. The first-order valence-corrected chi connectivity index (χ1v) is 7.72. The molecule has 1 aliphatic carbocycles. The average molecular weight is 298 g/mol. The Kier molecular flexibility index (Phi) is 5.42. The van der Waals surface area contributed by atoms with Crippen LogP contribution >= 0.6 is 11.8 Å². The normalized spacial score (nSPS) is 17.1. The zero-order valence-electron chi connectivity index (χ0n) is 11.2. The average Bonchev–Trinajstić information content (AvgIpc) is 2.64. The van der Waals surface area contributed by atoms with Crippen LogP contribution in [0.3, 0.4) is 0 Å². The van der Waals surface area contributed by atoms with Gasteiger partial charge in [0.15, 0.2) is 0 Å². The quantitative estimate of drug-likeness (QED) is 0.368. The first-order chi connectivity index (χ1) is 9.54. The fraction of sp³-hybridized carbons (Fsp3) is 0.500. The summed E-state index contributed by atoms with van der Waals surface area (Å²) in [6, 6.07) is 6.50. The molecule has 0 aliphatic heterocycles. The lowest BCUT2D eigenvalue weighted by atomic mass is 10.0. The summed E-state index contributed by atoms with van der Waals surface area (Å²) in [6.45, 7) is 0. The minimum absolute atomic E-state index is 0.0844. The number of halogens is 3. The van der Waals surface area contributed by atoms with Gasteiger partial charge >= 0.3 is 5.51 Å². The Morgan fingerprint density at radius 1 is 1.00 bits per heavy atom. The Hall–Kier alpha value is -1.08. The van der Waals surface area contributed by atoms with E-state index in [9.17, 15) is 13.2 Å². The molecule has 0 nitrogen and oxygen atoms in total. The molecule has 0 aromatic heterocycles. The van der Waals surface area contributed by atoms with Gasteiger partial charge in [0, 0.05) is 16.4 Å². The SMILES string of the molecule is FC(F)(F)Sc1ccccc1C#CC1CCCCCC1. The largest absolute Gasteiger partial charge is 0.446 e. The molecule has 2 rings (SSSR count). The highest BCUT2D eigenvalue weighted by Crippen LogP contribution is 2.38. The van der Waals surface area contributed by atoms with E-state index in [1.807, 2.05) is 0 Å². The van der Waals surface area contributed by atoms with E-state index in [0.29, 0.717) is 11.5 Å². The summed E-state index contributed by atoms with van der Waals surface area (Å²) >= 11 is -0.0844. The molecule has 1 fully saturated rings. The molecule has 0 spiro atoms. The van der Waals surface area contributed by atoms with Gasteiger partial charge in [-0.05, 0) is 36.7 Å². The number of alkyl halides is 3. The molecule has 0 radical (unpaired) electrons. The van der Waals surface area contributed by atoms with Gasteiger partial charge in [-0.1, -0.05) is 49.7 Å². The minimum Gasteiger partial charge on any atom is -0.160 e. The molecule has 0 N–H and O–H groups in total. The molecule has 1 aromatic rings. The van der Waals surface area contributed by atoms with Crippen molar-refractivity contribution in [3.8, 4) is 11.8 Å². The van der Waals surface area contributed by atoms with E-state index in [4.69, 9.17) is 0 Å². The van der Waals surface area contributed by atoms with Crippen LogP contribution in [0.15, 0.2) is 29.2 Å². The highest BCUT2D eigenvalue weighted by atomic mass is 32.2. The first-order valence-electron chi connectivity index (χ1n) is 6.91. The molecule has 0 heterocycles. The van der Waals surface area contributed by atoms with Gasteiger partial charge < -0.3 is 0 Å². The van der Waals surface area contributed by atoms with Gasteiger partial charge in [-0.15, -0.1) is 0 Å². The maximum atomic E-state index is 12.5. The second kappa shape index (κ2) is 7.08. The molecule has 108 valence electrons. The summed E-state index contributed by atoms with van der Waals surface area (Å²) in [5.74, 6) is 6.47. The lowest BCUT2D eigenvalue weighted by molar-refractivity contribution is -0.0328. The van der Waals surface area contributed by atoms with E-state index < -0.39 is 5.51 Å². The van der Waals surface area contributed by atoms with Crippen LogP contribution in [0.4, 0.5) is 13.2 Å². The van der Waals surface area contributed by atoms with E-state index in [0.717, 1.165) is 12.8 Å². The summed E-state index contributed by atoms with van der Waals surface area (Å²) in [5.41, 5.74) is -3.78. The maximum absolute atomic E-state index is 12.5. The summed E-state index contributed by atoms with van der Waals surface area (Å²) in [4.78, 5) is 0.195. The summed E-state index contributed by atoms with van der Waals surface area (Å²) in [6.07, 6.45) is 7.00. The van der Waals surface area contributed by atoms with Gasteiger partial charge in [-0.2, -0.15) is 13.2 Å². The van der Waals surface area contributed by atoms with Crippen LogP contribution in [0, 0.1) is 17.8 Å². The van der Waals surface area contributed by atoms with E-state index in [1.165, 1.54) is 31.7 Å². The van der Waals surface area contributed by atoms with Crippen LogP contribution < -0.4 is 0 Å². The molecule has 4 heteroatoms. The second-order valence-electron chi connectivity index (χ2n) is 5.00. The van der Waals surface area contributed by atoms with Crippen molar-refractivity contribution in [2.45, 2.75) is 48.9 Å². The molecular formula is C16H17F3S. The second-order valence-corrected chi connectivity index (χ2v) is 6.11. The summed E-state index contributed by atoms with van der Waals surface area (Å²) in [7, 11) is 0. The fourth-order valence-corrected chi connectivity index (χ4v) is 3.01. The molecule has 1 saturated carbocycles. The van der Waals surface area contributed by atoms with E-state index in [-0.39, 0.29) is 16.7 Å². The minimum atomic E-state index is -4.26. The Morgan fingerprint density at radius 3 is 2.30 bits per heavy atom. The van der Waals surface area contributed by atoms with Crippen molar-refractivity contribution < 1.29 is 13.2 Å². The lowest BCUT2D eigenvalue weighted by Gasteiger charge is -2.08. The monoisotopic (exact) mass is 298 g/mol. The maximum Gasteiger partial charge on any atom is 0.446 e. The van der Waals surface area contributed by atoms with Crippen LogP contribution in [0.5, 0.6) is 0 Å². The third-order valence-electron chi connectivity index (χ3n) is 3.38. The zero-order chi connectivity index (χ0) is 14.4. The van der Waals surface area contributed by atoms with E-state index >= 15 is 0 Å². The number of hydrogen-bond acceptors (Lipinski definition) is 1. The molecular weight excluding hydrogens is 281 g/mol. The van der Waals surface area contributed by atoms with Crippen LogP contribution in [-0.4, -0.2) is 5.51 Å². The number of hydrogen-bond donors (Lipinski definition) is 0. The Labute approximate surface area is 122 Å². The van der Waals surface area contributed by atoms with Crippen molar-refractivity contribution in [2.75, 3.05) is 0 Å². The molecule has 20 heavy (non-hydrogen) atoms. The third kappa shape index (κ3) is 5.13. The fourth-order valence-electron chi connectivity index (χ4n) is 2.39. The predicted molar refractivity (Wildman–Crippen MR) is 76.4 cm³/mol. The number of benzene rings is 1. The van der Waals surface area contributed by atoms with Crippen LogP contribution in [0.1, 0.15) is 44.1 Å². The van der Waals surface area contributed by atoms with Crippen molar-refractivity contribution in [1.29, 1.82) is 0 Å². The van der Waals surface area contributed by atoms with Crippen LogP contribution in [0.2, 0.25) is 0 Å². The molecule has 0 saturated heterocycles. The van der Waals surface area contributed by atoms with E-state index in [1.54, 1.807) is 18.2 Å². The number of rotatable bonds is 1. The van der Waals surface area contributed by atoms with Crippen molar-refractivity contribution in [3.63, 3.8) is 0 Å². The number of thioether (sulfide) groups is 1. The third-order valence-corrected chi connectivity index (χ3v) is 4.19. The Bertz CT molecular complexity index is 488. The molecule has 0 bridgehead atoms.